The first-order valence-corrected chi connectivity index (χ1v) is 4.27. The molecule has 80 valence electrons. The fraction of sp³-hybridized carbons (Fsp3) is 0.200. The van der Waals surface area contributed by atoms with Crippen molar-refractivity contribution >= 4 is 11.9 Å². The number of phenolic OH excluding ortho intramolecular Hbond substituents is 1. The third-order valence-corrected chi connectivity index (χ3v) is 1.85. The molecule has 1 aromatic carbocycles. The molecule has 5 nitrogen and oxygen atoms in total. The van der Waals surface area contributed by atoms with Crippen LogP contribution in [0.2, 0.25) is 0 Å². The van der Waals surface area contributed by atoms with Crippen LogP contribution >= 0.6 is 0 Å². The minimum atomic E-state index is -1.15. The SMILES string of the molecule is O=C(O)CCc1cc(O)cc(C(=O)O)c1. The third-order valence-electron chi connectivity index (χ3n) is 1.85. The van der Waals surface area contributed by atoms with Crippen LogP contribution < -0.4 is 0 Å². The number of carboxylic acids is 2. The Morgan fingerprint density at radius 2 is 1.80 bits per heavy atom. The summed E-state index contributed by atoms with van der Waals surface area (Å²) in [5.74, 6) is -2.28. The molecule has 0 saturated heterocycles. The molecule has 0 unspecified atom stereocenters. The fourth-order valence-corrected chi connectivity index (χ4v) is 1.19. The lowest BCUT2D eigenvalue weighted by molar-refractivity contribution is -0.136. The van der Waals surface area contributed by atoms with E-state index in [1.165, 1.54) is 12.1 Å². The smallest absolute Gasteiger partial charge is 0.335 e. The first kappa shape index (κ1) is 11.0. The number of phenols is 1. The Morgan fingerprint density at radius 3 is 2.33 bits per heavy atom. The number of aliphatic carboxylic acids is 1. The predicted molar refractivity (Wildman–Crippen MR) is 51.0 cm³/mol. The lowest BCUT2D eigenvalue weighted by atomic mass is 10.1. The van der Waals surface area contributed by atoms with E-state index in [1.54, 1.807) is 0 Å². The van der Waals surface area contributed by atoms with E-state index in [9.17, 15) is 14.7 Å². The summed E-state index contributed by atoms with van der Waals surface area (Å²) in [5.41, 5.74) is 0.449. The van der Waals surface area contributed by atoms with E-state index in [-0.39, 0.29) is 24.2 Å². The first-order valence-electron chi connectivity index (χ1n) is 4.27. The number of hydrogen-bond acceptors (Lipinski definition) is 3. The van der Waals surface area contributed by atoms with Gasteiger partial charge in [0.15, 0.2) is 0 Å². The molecule has 0 radical (unpaired) electrons. The van der Waals surface area contributed by atoms with Crippen molar-refractivity contribution in [1.82, 2.24) is 0 Å². The molecule has 0 fully saturated rings. The second kappa shape index (κ2) is 4.45. The Hall–Kier alpha value is -2.04. The van der Waals surface area contributed by atoms with Gasteiger partial charge in [0.05, 0.1) is 5.56 Å². The number of aryl methyl sites for hydroxylation is 1. The van der Waals surface area contributed by atoms with Gasteiger partial charge in [-0.2, -0.15) is 0 Å². The number of hydrogen-bond donors (Lipinski definition) is 3. The van der Waals surface area contributed by atoms with E-state index in [4.69, 9.17) is 10.2 Å². The molecule has 3 N–H and O–H groups in total. The van der Waals surface area contributed by atoms with Crippen LogP contribution in [0.15, 0.2) is 18.2 Å². The van der Waals surface area contributed by atoms with Crippen molar-refractivity contribution in [2.45, 2.75) is 12.8 Å². The number of aromatic carboxylic acids is 1. The molecule has 5 heteroatoms. The van der Waals surface area contributed by atoms with Gasteiger partial charge < -0.3 is 15.3 Å². The number of benzene rings is 1. The van der Waals surface area contributed by atoms with Crippen LogP contribution in [0, 0.1) is 0 Å². The lowest BCUT2D eigenvalue weighted by Gasteiger charge is -2.02. The summed E-state index contributed by atoms with van der Waals surface area (Å²) in [6.07, 6.45) is 0.104. The molecule has 0 spiro atoms. The van der Waals surface area contributed by atoms with Crippen molar-refractivity contribution in [3.8, 4) is 5.75 Å². The topological polar surface area (TPSA) is 94.8 Å². The molecule has 1 aromatic rings. The molecule has 0 heterocycles. The molecule has 0 saturated carbocycles. The van der Waals surface area contributed by atoms with E-state index in [0.717, 1.165) is 6.07 Å². The summed E-state index contributed by atoms with van der Waals surface area (Å²) < 4.78 is 0. The quantitative estimate of drug-likeness (QED) is 0.691. The van der Waals surface area contributed by atoms with Crippen molar-refractivity contribution in [2.24, 2.45) is 0 Å². The van der Waals surface area contributed by atoms with E-state index >= 15 is 0 Å². The summed E-state index contributed by atoms with van der Waals surface area (Å²) in [7, 11) is 0. The highest BCUT2D eigenvalue weighted by atomic mass is 16.4. The summed E-state index contributed by atoms with van der Waals surface area (Å²) in [5, 5.41) is 26.3. The Bertz CT molecular complexity index is 397. The Balaban J connectivity index is 2.88. The largest absolute Gasteiger partial charge is 0.508 e. The van der Waals surface area contributed by atoms with Crippen molar-refractivity contribution in [3.63, 3.8) is 0 Å². The van der Waals surface area contributed by atoms with Crippen molar-refractivity contribution in [3.05, 3.63) is 29.3 Å². The highest BCUT2D eigenvalue weighted by Crippen LogP contribution is 2.17. The van der Waals surface area contributed by atoms with Crippen LogP contribution in [0.5, 0.6) is 5.75 Å². The maximum absolute atomic E-state index is 10.6. The second-order valence-electron chi connectivity index (χ2n) is 3.09. The van der Waals surface area contributed by atoms with Gasteiger partial charge in [-0.3, -0.25) is 4.79 Å². The van der Waals surface area contributed by atoms with Crippen molar-refractivity contribution < 1.29 is 24.9 Å². The molecule has 0 atom stereocenters. The van der Waals surface area contributed by atoms with Crippen molar-refractivity contribution in [2.75, 3.05) is 0 Å². The zero-order valence-electron chi connectivity index (χ0n) is 7.80. The van der Waals surface area contributed by atoms with Crippen molar-refractivity contribution in [1.29, 1.82) is 0 Å². The van der Waals surface area contributed by atoms with Crippen LogP contribution in [0.3, 0.4) is 0 Å². The number of carbonyl (C=O) groups is 2. The Morgan fingerprint density at radius 1 is 1.13 bits per heavy atom. The zero-order valence-corrected chi connectivity index (χ0v) is 7.80. The van der Waals surface area contributed by atoms with E-state index in [0.29, 0.717) is 5.56 Å². The molecular weight excluding hydrogens is 200 g/mol. The zero-order chi connectivity index (χ0) is 11.4. The number of rotatable bonds is 4. The Kier molecular flexibility index (Phi) is 3.28. The Labute approximate surface area is 85.6 Å². The van der Waals surface area contributed by atoms with Crippen LogP contribution in [-0.2, 0) is 11.2 Å². The molecule has 1 rings (SSSR count). The molecule has 15 heavy (non-hydrogen) atoms. The maximum Gasteiger partial charge on any atom is 0.335 e. The van der Waals surface area contributed by atoms with Crippen LogP contribution in [0.1, 0.15) is 22.3 Å². The minimum Gasteiger partial charge on any atom is -0.508 e. The molecule has 0 aromatic heterocycles. The lowest BCUT2D eigenvalue weighted by Crippen LogP contribution is -2.00. The average molecular weight is 210 g/mol. The van der Waals surface area contributed by atoms with Gasteiger partial charge in [-0.15, -0.1) is 0 Å². The molecule has 0 aliphatic heterocycles. The standard InChI is InChI=1S/C10H10O5/c11-8-4-6(1-2-9(12)13)3-7(5-8)10(14)15/h3-5,11H,1-2H2,(H,12,13)(H,14,15). The van der Waals surface area contributed by atoms with E-state index < -0.39 is 11.9 Å². The van der Waals surface area contributed by atoms with E-state index in [1.807, 2.05) is 0 Å². The van der Waals surface area contributed by atoms with Gasteiger partial charge in [-0.05, 0) is 30.2 Å². The minimum absolute atomic E-state index is 0.0459. The maximum atomic E-state index is 10.6. The monoisotopic (exact) mass is 210 g/mol. The highest BCUT2D eigenvalue weighted by Gasteiger charge is 2.07. The van der Waals surface area contributed by atoms with Gasteiger partial charge in [0.1, 0.15) is 5.75 Å². The third kappa shape index (κ3) is 3.30. The summed E-state index contributed by atoms with van der Waals surface area (Å²) in [4.78, 5) is 20.9. The normalized spacial score (nSPS) is 9.87. The van der Waals surface area contributed by atoms with Gasteiger partial charge in [0.2, 0.25) is 0 Å². The second-order valence-corrected chi connectivity index (χ2v) is 3.09. The van der Waals surface area contributed by atoms with Gasteiger partial charge in [-0.1, -0.05) is 0 Å². The summed E-state index contributed by atoms with van der Waals surface area (Å²) in [6.45, 7) is 0. The van der Waals surface area contributed by atoms with E-state index in [2.05, 4.69) is 0 Å². The van der Waals surface area contributed by atoms with Gasteiger partial charge in [0, 0.05) is 6.42 Å². The van der Waals surface area contributed by atoms with Gasteiger partial charge in [0.25, 0.3) is 0 Å². The van der Waals surface area contributed by atoms with Gasteiger partial charge >= 0.3 is 11.9 Å². The molecule has 0 amide bonds. The molecule has 0 aliphatic carbocycles. The highest BCUT2D eigenvalue weighted by molar-refractivity contribution is 5.88. The van der Waals surface area contributed by atoms with Gasteiger partial charge in [-0.25, -0.2) is 4.79 Å². The summed E-state index contributed by atoms with van der Waals surface area (Å²) in [6, 6.07) is 3.83. The predicted octanol–water partition coefficient (Wildman–Crippen LogP) is 1.11. The first-order chi connectivity index (χ1) is 6.99. The molecule has 0 bridgehead atoms. The van der Waals surface area contributed by atoms with Crippen LogP contribution in [0.25, 0.3) is 0 Å². The molecule has 0 aliphatic rings. The molecular formula is C10H10O5. The average Bonchev–Trinajstić information content (AvgIpc) is 2.13. The van der Waals surface area contributed by atoms with Crippen LogP contribution in [0.4, 0.5) is 0 Å². The number of carboxylic acid groups (broad SMARTS) is 2. The summed E-state index contributed by atoms with van der Waals surface area (Å²) >= 11 is 0. The fourth-order valence-electron chi connectivity index (χ4n) is 1.19. The number of aromatic hydroxyl groups is 1. The van der Waals surface area contributed by atoms with Crippen LogP contribution in [-0.4, -0.2) is 27.3 Å².